The Morgan fingerprint density at radius 3 is 2.88 bits per heavy atom. The molecule has 1 saturated heterocycles. The SMILES string of the molecule is Cc1nc(N)sc1C(=O)N1CCCC(C)(O)C1. The van der Waals surface area contributed by atoms with E-state index in [2.05, 4.69) is 4.98 Å². The van der Waals surface area contributed by atoms with Crippen LogP contribution in [0.2, 0.25) is 0 Å². The molecule has 1 aromatic rings. The molecule has 1 aliphatic heterocycles. The van der Waals surface area contributed by atoms with Crippen molar-refractivity contribution in [3.05, 3.63) is 10.6 Å². The normalized spacial score (nSPS) is 25.0. The summed E-state index contributed by atoms with van der Waals surface area (Å²) in [7, 11) is 0. The molecule has 0 bridgehead atoms. The predicted molar refractivity (Wildman–Crippen MR) is 67.0 cm³/mol. The van der Waals surface area contributed by atoms with Crippen LogP contribution < -0.4 is 5.73 Å². The zero-order valence-electron chi connectivity index (χ0n) is 10.1. The number of carbonyl (C=O) groups excluding carboxylic acids is 1. The van der Waals surface area contributed by atoms with E-state index in [4.69, 9.17) is 5.73 Å². The van der Waals surface area contributed by atoms with Gasteiger partial charge in [-0.05, 0) is 26.7 Å². The number of amides is 1. The molecule has 2 heterocycles. The third-order valence-corrected chi connectivity index (χ3v) is 3.94. The minimum atomic E-state index is -0.780. The van der Waals surface area contributed by atoms with Crippen molar-refractivity contribution in [3.8, 4) is 0 Å². The molecule has 0 spiro atoms. The molecule has 0 aliphatic carbocycles. The highest BCUT2D eigenvalue weighted by Gasteiger charge is 2.32. The van der Waals surface area contributed by atoms with Crippen LogP contribution in [0.25, 0.3) is 0 Å². The van der Waals surface area contributed by atoms with E-state index in [1.54, 1.807) is 18.7 Å². The maximum atomic E-state index is 12.3. The number of thiazole rings is 1. The Morgan fingerprint density at radius 2 is 2.35 bits per heavy atom. The van der Waals surface area contributed by atoms with Gasteiger partial charge < -0.3 is 15.7 Å². The van der Waals surface area contributed by atoms with Crippen LogP contribution in [0.5, 0.6) is 0 Å². The molecule has 1 unspecified atom stereocenters. The highest BCUT2D eigenvalue weighted by atomic mass is 32.1. The summed E-state index contributed by atoms with van der Waals surface area (Å²) >= 11 is 1.21. The molecule has 0 aromatic carbocycles. The molecule has 6 heteroatoms. The Labute approximate surface area is 104 Å². The smallest absolute Gasteiger partial charge is 0.266 e. The molecule has 3 N–H and O–H groups in total. The second-order valence-corrected chi connectivity index (χ2v) is 5.82. The number of carbonyl (C=O) groups is 1. The lowest BCUT2D eigenvalue weighted by atomic mass is 9.95. The van der Waals surface area contributed by atoms with E-state index < -0.39 is 5.60 Å². The highest BCUT2D eigenvalue weighted by molar-refractivity contribution is 7.17. The summed E-state index contributed by atoms with van der Waals surface area (Å²) in [6, 6.07) is 0. The topological polar surface area (TPSA) is 79.5 Å². The highest BCUT2D eigenvalue weighted by Crippen LogP contribution is 2.26. The average molecular weight is 255 g/mol. The fourth-order valence-corrected chi connectivity index (χ4v) is 2.95. The van der Waals surface area contributed by atoms with Gasteiger partial charge in [-0.15, -0.1) is 0 Å². The van der Waals surface area contributed by atoms with E-state index in [1.807, 2.05) is 0 Å². The standard InChI is InChI=1S/C11H17N3O2S/c1-7-8(17-10(12)13-7)9(15)14-5-3-4-11(2,16)6-14/h16H,3-6H2,1-2H3,(H2,12,13). The van der Waals surface area contributed by atoms with Crippen LogP contribution in [0.3, 0.4) is 0 Å². The zero-order chi connectivity index (χ0) is 12.6. The molecule has 5 nitrogen and oxygen atoms in total. The molecule has 1 fully saturated rings. The number of nitrogens with zero attached hydrogens (tertiary/aromatic N) is 2. The Kier molecular flexibility index (Phi) is 3.09. The lowest BCUT2D eigenvalue weighted by Crippen LogP contribution is -2.48. The second kappa shape index (κ2) is 4.27. The first kappa shape index (κ1) is 12.3. The number of aryl methyl sites for hydroxylation is 1. The van der Waals surface area contributed by atoms with Gasteiger partial charge in [0.2, 0.25) is 0 Å². The van der Waals surface area contributed by atoms with Crippen LogP contribution in [-0.4, -0.2) is 39.6 Å². The van der Waals surface area contributed by atoms with Crippen LogP contribution in [0.15, 0.2) is 0 Å². The van der Waals surface area contributed by atoms with Crippen molar-refractivity contribution in [3.63, 3.8) is 0 Å². The molecule has 94 valence electrons. The summed E-state index contributed by atoms with van der Waals surface area (Å²) in [5, 5.41) is 10.4. The number of hydrogen-bond acceptors (Lipinski definition) is 5. The van der Waals surface area contributed by atoms with Gasteiger partial charge in [0.15, 0.2) is 5.13 Å². The number of piperidine rings is 1. The molecule has 1 aliphatic rings. The number of hydrogen-bond donors (Lipinski definition) is 2. The number of β-amino-alcohol motifs (C(OH)–C–C–N with tert-alkyl or cyclic N) is 1. The Balaban J connectivity index is 2.18. The van der Waals surface area contributed by atoms with Crippen molar-refractivity contribution in [2.24, 2.45) is 0 Å². The van der Waals surface area contributed by atoms with E-state index in [-0.39, 0.29) is 5.91 Å². The average Bonchev–Trinajstić information content (AvgIpc) is 2.55. The number of likely N-dealkylation sites (tertiary alicyclic amines) is 1. The van der Waals surface area contributed by atoms with Crippen molar-refractivity contribution in [2.75, 3.05) is 18.8 Å². The van der Waals surface area contributed by atoms with Gasteiger partial charge in [0.1, 0.15) is 4.88 Å². The van der Waals surface area contributed by atoms with Crippen molar-refractivity contribution in [2.45, 2.75) is 32.3 Å². The van der Waals surface area contributed by atoms with Gasteiger partial charge in [0.25, 0.3) is 5.91 Å². The summed E-state index contributed by atoms with van der Waals surface area (Å²) < 4.78 is 0. The molecule has 2 rings (SSSR count). The minimum absolute atomic E-state index is 0.0725. The minimum Gasteiger partial charge on any atom is -0.388 e. The number of nitrogens with two attached hydrogens (primary N) is 1. The predicted octanol–water partition coefficient (Wildman–Crippen LogP) is 1.02. The summed E-state index contributed by atoms with van der Waals surface area (Å²) in [5.74, 6) is -0.0725. The molecule has 1 atom stereocenters. The number of anilines is 1. The lowest BCUT2D eigenvalue weighted by molar-refractivity contribution is -0.0106. The molecular weight excluding hydrogens is 238 g/mol. The van der Waals surface area contributed by atoms with Gasteiger partial charge in [0, 0.05) is 13.1 Å². The third kappa shape index (κ3) is 2.58. The summed E-state index contributed by atoms with van der Waals surface area (Å²) in [6.45, 7) is 4.61. The quantitative estimate of drug-likeness (QED) is 0.785. The third-order valence-electron chi connectivity index (χ3n) is 2.97. The lowest BCUT2D eigenvalue weighted by Gasteiger charge is -2.36. The van der Waals surface area contributed by atoms with E-state index in [9.17, 15) is 9.90 Å². The van der Waals surface area contributed by atoms with Gasteiger partial charge in [-0.3, -0.25) is 4.79 Å². The number of aliphatic hydroxyl groups is 1. The molecule has 0 saturated carbocycles. The van der Waals surface area contributed by atoms with Gasteiger partial charge >= 0.3 is 0 Å². The fourth-order valence-electron chi connectivity index (χ4n) is 2.15. The van der Waals surface area contributed by atoms with Crippen molar-refractivity contribution < 1.29 is 9.90 Å². The Hall–Kier alpha value is -1.14. The van der Waals surface area contributed by atoms with Crippen LogP contribution in [-0.2, 0) is 0 Å². The van der Waals surface area contributed by atoms with Crippen molar-refractivity contribution >= 4 is 22.4 Å². The monoisotopic (exact) mass is 255 g/mol. The van der Waals surface area contributed by atoms with Crippen molar-refractivity contribution in [1.29, 1.82) is 0 Å². The van der Waals surface area contributed by atoms with E-state index in [1.165, 1.54) is 11.3 Å². The van der Waals surface area contributed by atoms with Gasteiger partial charge in [-0.2, -0.15) is 0 Å². The number of aromatic nitrogens is 1. The van der Waals surface area contributed by atoms with Gasteiger partial charge in [-0.1, -0.05) is 11.3 Å². The molecule has 17 heavy (non-hydrogen) atoms. The largest absolute Gasteiger partial charge is 0.388 e. The van der Waals surface area contributed by atoms with Crippen LogP contribution in [0.1, 0.15) is 35.1 Å². The first-order valence-electron chi connectivity index (χ1n) is 5.64. The summed E-state index contributed by atoms with van der Waals surface area (Å²) in [5.41, 5.74) is 5.48. The van der Waals surface area contributed by atoms with E-state index >= 15 is 0 Å². The van der Waals surface area contributed by atoms with Crippen LogP contribution in [0, 0.1) is 6.92 Å². The maximum Gasteiger partial charge on any atom is 0.266 e. The van der Waals surface area contributed by atoms with E-state index in [0.29, 0.717) is 28.8 Å². The van der Waals surface area contributed by atoms with Crippen LogP contribution in [0.4, 0.5) is 5.13 Å². The van der Waals surface area contributed by atoms with Gasteiger partial charge in [0.05, 0.1) is 11.3 Å². The van der Waals surface area contributed by atoms with E-state index in [0.717, 1.165) is 12.8 Å². The van der Waals surface area contributed by atoms with Crippen molar-refractivity contribution in [1.82, 2.24) is 9.88 Å². The molecule has 1 aromatic heterocycles. The maximum absolute atomic E-state index is 12.3. The number of rotatable bonds is 1. The first-order valence-corrected chi connectivity index (χ1v) is 6.45. The number of nitrogen functional groups attached to an aromatic ring is 1. The molecular formula is C11H17N3O2S. The second-order valence-electron chi connectivity index (χ2n) is 4.79. The summed E-state index contributed by atoms with van der Waals surface area (Å²) in [6.07, 6.45) is 1.56. The fraction of sp³-hybridized carbons (Fsp3) is 0.636. The first-order chi connectivity index (χ1) is 7.89. The summed E-state index contributed by atoms with van der Waals surface area (Å²) in [4.78, 5) is 18.6. The Morgan fingerprint density at radius 1 is 1.65 bits per heavy atom. The molecule has 1 amide bonds. The zero-order valence-corrected chi connectivity index (χ0v) is 10.9. The molecule has 0 radical (unpaired) electrons. The Bertz CT molecular complexity index is 442. The van der Waals surface area contributed by atoms with Crippen LogP contribution >= 0.6 is 11.3 Å². The van der Waals surface area contributed by atoms with Gasteiger partial charge in [-0.25, -0.2) is 4.98 Å².